The van der Waals surface area contributed by atoms with E-state index >= 15 is 0 Å². The zero-order chi connectivity index (χ0) is 25.5. The van der Waals surface area contributed by atoms with Gasteiger partial charge in [-0.2, -0.15) is 12.7 Å². The zero-order valence-electron chi connectivity index (χ0n) is 20.0. The lowest BCUT2D eigenvalue weighted by Gasteiger charge is -2.33. The molecule has 0 fully saturated rings. The van der Waals surface area contributed by atoms with Gasteiger partial charge < -0.3 is 15.0 Å². The van der Waals surface area contributed by atoms with Crippen LogP contribution in [0.25, 0.3) is 0 Å². The molecule has 0 saturated carbocycles. The summed E-state index contributed by atoms with van der Waals surface area (Å²) in [6.07, 6.45) is 0.312. The SMILES string of the molecule is CC[C@H](C(=O)NC)N(Cc1cccc(OC)c1)C(=O)CN(c1ccc(F)cc1)S(=O)(=O)N(C)C. The third kappa shape index (κ3) is 6.45. The van der Waals surface area contributed by atoms with Gasteiger partial charge in [-0.3, -0.25) is 9.59 Å². The largest absolute Gasteiger partial charge is 0.497 e. The zero-order valence-corrected chi connectivity index (χ0v) is 20.8. The third-order valence-electron chi connectivity index (χ3n) is 5.25. The molecular weight excluding hydrogens is 463 g/mol. The van der Waals surface area contributed by atoms with E-state index < -0.39 is 34.5 Å². The fourth-order valence-corrected chi connectivity index (χ4v) is 4.43. The molecule has 1 atom stereocenters. The first kappa shape index (κ1) is 27.1. The number of nitrogens with one attached hydrogen (secondary N) is 1. The van der Waals surface area contributed by atoms with Crippen LogP contribution in [0.4, 0.5) is 10.1 Å². The van der Waals surface area contributed by atoms with Crippen LogP contribution in [0.3, 0.4) is 0 Å². The van der Waals surface area contributed by atoms with Crippen LogP contribution in [0.15, 0.2) is 48.5 Å². The van der Waals surface area contributed by atoms with Crippen LogP contribution in [0.1, 0.15) is 18.9 Å². The first-order valence-electron chi connectivity index (χ1n) is 10.6. The standard InChI is InChI=1S/C23H31FN4O5S/c1-6-21(23(30)25-2)27(15-17-8-7-9-20(14-17)33-5)22(29)16-28(34(31,32)26(3)4)19-12-10-18(24)11-13-19/h7-14,21H,6,15-16H2,1-5H3,(H,25,30)/t21-/m1/s1. The summed E-state index contributed by atoms with van der Waals surface area (Å²) in [5.41, 5.74) is 0.830. The Morgan fingerprint density at radius 3 is 2.29 bits per heavy atom. The van der Waals surface area contributed by atoms with Gasteiger partial charge in [0.25, 0.3) is 0 Å². The number of anilines is 1. The number of hydrogen-bond donors (Lipinski definition) is 1. The van der Waals surface area contributed by atoms with Gasteiger partial charge in [-0.25, -0.2) is 8.70 Å². The molecule has 0 radical (unpaired) electrons. The molecule has 0 aliphatic rings. The van der Waals surface area contributed by atoms with Crippen molar-refractivity contribution in [2.24, 2.45) is 0 Å². The van der Waals surface area contributed by atoms with E-state index in [1.54, 1.807) is 31.2 Å². The Kier molecular flexibility index (Phi) is 9.39. The molecule has 186 valence electrons. The van der Waals surface area contributed by atoms with E-state index in [4.69, 9.17) is 4.74 Å². The number of nitrogens with zero attached hydrogens (tertiary/aromatic N) is 3. The summed E-state index contributed by atoms with van der Waals surface area (Å²) in [6.45, 7) is 1.24. The molecule has 0 bridgehead atoms. The van der Waals surface area contributed by atoms with Crippen molar-refractivity contribution >= 4 is 27.7 Å². The van der Waals surface area contributed by atoms with Crippen molar-refractivity contribution in [2.75, 3.05) is 39.1 Å². The van der Waals surface area contributed by atoms with Gasteiger partial charge in [-0.1, -0.05) is 19.1 Å². The lowest BCUT2D eigenvalue weighted by atomic mass is 10.1. The van der Waals surface area contributed by atoms with Crippen molar-refractivity contribution < 1.29 is 27.1 Å². The Labute approximate surface area is 200 Å². The van der Waals surface area contributed by atoms with E-state index in [0.717, 1.165) is 20.7 Å². The first-order valence-corrected chi connectivity index (χ1v) is 12.0. The second kappa shape index (κ2) is 11.8. The van der Waals surface area contributed by atoms with Crippen molar-refractivity contribution in [1.82, 2.24) is 14.5 Å². The fourth-order valence-electron chi connectivity index (χ4n) is 3.38. The van der Waals surface area contributed by atoms with Crippen molar-refractivity contribution in [3.05, 3.63) is 59.9 Å². The molecule has 2 aromatic carbocycles. The summed E-state index contributed by atoms with van der Waals surface area (Å²) in [6, 6.07) is 11.0. The van der Waals surface area contributed by atoms with E-state index in [2.05, 4.69) is 5.32 Å². The van der Waals surface area contributed by atoms with Crippen molar-refractivity contribution in [1.29, 1.82) is 0 Å². The van der Waals surface area contributed by atoms with Crippen molar-refractivity contribution in [3.8, 4) is 5.75 Å². The molecule has 1 N–H and O–H groups in total. The number of ether oxygens (including phenoxy) is 1. The van der Waals surface area contributed by atoms with Crippen LogP contribution in [-0.2, 0) is 26.3 Å². The Hall–Kier alpha value is -3.18. The average molecular weight is 495 g/mol. The monoisotopic (exact) mass is 494 g/mol. The third-order valence-corrected chi connectivity index (χ3v) is 7.07. The number of rotatable bonds is 11. The van der Waals surface area contributed by atoms with E-state index in [9.17, 15) is 22.4 Å². The lowest BCUT2D eigenvalue weighted by Crippen LogP contribution is -2.52. The quantitative estimate of drug-likeness (QED) is 0.515. The van der Waals surface area contributed by atoms with E-state index in [0.29, 0.717) is 17.7 Å². The van der Waals surface area contributed by atoms with Crippen LogP contribution < -0.4 is 14.4 Å². The molecule has 0 aliphatic heterocycles. The highest BCUT2D eigenvalue weighted by Crippen LogP contribution is 2.22. The van der Waals surface area contributed by atoms with Crippen LogP contribution >= 0.6 is 0 Å². The number of carbonyl (C=O) groups is 2. The van der Waals surface area contributed by atoms with Gasteiger partial charge in [0.1, 0.15) is 24.2 Å². The van der Waals surface area contributed by atoms with Gasteiger partial charge in [0, 0.05) is 27.7 Å². The number of amides is 2. The van der Waals surface area contributed by atoms with Gasteiger partial charge in [0.2, 0.25) is 11.8 Å². The van der Waals surface area contributed by atoms with Crippen LogP contribution in [-0.4, -0.2) is 70.3 Å². The second-order valence-electron chi connectivity index (χ2n) is 7.68. The number of hydrogen-bond acceptors (Lipinski definition) is 5. The van der Waals surface area contributed by atoms with E-state index in [1.807, 2.05) is 0 Å². The van der Waals surface area contributed by atoms with Gasteiger partial charge >= 0.3 is 10.2 Å². The number of benzene rings is 2. The predicted octanol–water partition coefficient (Wildman–Crippen LogP) is 2.00. The molecule has 0 heterocycles. The number of methoxy groups -OCH3 is 1. The van der Waals surface area contributed by atoms with Gasteiger partial charge in [-0.05, 0) is 48.4 Å². The minimum atomic E-state index is -4.10. The minimum absolute atomic E-state index is 0.0568. The van der Waals surface area contributed by atoms with Crippen LogP contribution in [0.2, 0.25) is 0 Å². The minimum Gasteiger partial charge on any atom is -0.497 e. The number of carbonyl (C=O) groups excluding carboxylic acids is 2. The second-order valence-corrected chi connectivity index (χ2v) is 9.75. The first-order chi connectivity index (χ1) is 16.0. The molecule has 0 spiro atoms. The maximum Gasteiger partial charge on any atom is 0.304 e. The molecule has 2 amide bonds. The number of halogens is 1. The fraction of sp³-hybridized carbons (Fsp3) is 0.391. The van der Waals surface area contributed by atoms with Crippen LogP contribution in [0.5, 0.6) is 5.75 Å². The van der Waals surface area contributed by atoms with Gasteiger partial charge in [-0.15, -0.1) is 0 Å². The molecule has 0 aliphatic carbocycles. The van der Waals surface area contributed by atoms with E-state index in [1.165, 1.54) is 45.3 Å². The van der Waals surface area contributed by atoms with Crippen LogP contribution in [0, 0.1) is 5.82 Å². The molecule has 0 aromatic heterocycles. The summed E-state index contributed by atoms with van der Waals surface area (Å²) in [7, 11) is 1.57. The Morgan fingerprint density at radius 2 is 1.76 bits per heavy atom. The normalized spacial score (nSPS) is 12.2. The molecule has 0 unspecified atom stereocenters. The highest BCUT2D eigenvalue weighted by Gasteiger charge is 2.33. The molecule has 11 heteroatoms. The highest BCUT2D eigenvalue weighted by atomic mass is 32.2. The average Bonchev–Trinajstić information content (AvgIpc) is 2.82. The van der Waals surface area contributed by atoms with Gasteiger partial charge in [0.05, 0.1) is 12.8 Å². The lowest BCUT2D eigenvalue weighted by molar-refractivity contribution is -0.140. The molecule has 34 heavy (non-hydrogen) atoms. The molecule has 2 rings (SSSR count). The smallest absolute Gasteiger partial charge is 0.304 e. The Bertz CT molecular complexity index is 1090. The maximum absolute atomic E-state index is 13.6. The predicted molar refractivity (Wildman–Crippen MR) is 128 cm³/mol. The summed E-state index contributed by atoms with van der Waals surface area (Å²) in [4.78, 5) is 27.5. The van der Waals surface area contributed by atoms with Gasteiger partial charge in [0.15, 0.2) is 0 Å². The highest BCUT2D eigenvalue weighted by molar-refractivity contribution is 7.90. The molecule has 0 saturated heterocycles. The van der Waals surface area contributed by atoms with E-state index in [-0.39, 0.29) is 18.1 Å². The molecule has 9 nitrogen and oxygen atoms in total. The summed E-state index contributed by atoms with van der Waals surface area (Å²) in [5, 5.41) is 2.56. The Balaban J connectivity index is 2.49. The summed E-state index contributed by atoms with van der Waals surface area (Å²) in [5.74, 6) is -0.917. The topological polar surface area (TPSA) is 99.3 Å². The summed E-state index contributed by atoms with van der Waals surface area (Å²) < 4.78 is 46.7. The Morgan fingerprint density at radius 1 is 1.12 bits per heavy atom. The summed E-state index contributed by atoms with van der Waals surface area (Å²) >= 11 is 0. The maximum atomic E-state index is 13.6. The molecular formula is C23H31FN4O5S. The van der Waals surface area contributed by atoms with Crippen molar-refractivity contribution in [3.63, 3.8) is 0 Å². The molecule has 2 aromatic rings. The number of likely N-dealkylation sites (N-methyl/N-ethyl adjacent to an activating group) is 1. The van der Waals surface area contributed by atoms with Crippen molar-refractivity contribution in [2.45, 2.75) is 25.9 Å².